The minimum absolute atomic E-state index is 0.370. The Balaban J connectivity index is 1.68. The Morgan fingerprint density at radius 2 is 1.94 bits per heavy atom. The van der Waals surface area contributed by atoms with Crippen molar-refractivity contribution in [2.45, 2.75) is 32.3 Å². The molecule has 0 bridgehead atoms. The summed E-state index contributed by atoms with van der Waals surface area (Å²) in [5.41, 5.74) is 0.274. The van der Waals surface area contributed by atoms with Gasteiger partial charge < -0.3 is 19.7 Å². The maximum Gasteiger partial charge on any atom is 0.366 e. The zero-order valence-corrected chi connectivity index (χ0v) is 18.0. The highest BCUT2D eigenvalue weighted by molar-refractivity contribution is 6.01. The zero-order valence-electron chi connectivity index (χ0n) is 18.0. The lowest BCUT2D eigenvalue weighted by Crippen LogP contribution is -2.50. The molecule has 1 unspecified atom stereocenters. The Kier molecular flexibility index (Phi) is 6.08. The number of aliphatic hydroxyl groups is 1. The largest absolute Gasteiger partial charge is 0.381 e. The Morgan fingerprint density at radius 3 is 2.69 bits per heavy atom. The molecule has 0 spiro atoms. The molecule has 2 N–H and O–H groups in total. The van der Waals surface area contributed by atoms with Crippen molar-refractivity contribution in [1.82, 2.24) is 5.16 Å². The van der Waals surface area contributed by atoms with Crippen molar-refractivity contribution in [3.8, 4) is 11.8 Å². The molecule has 3 aromatic rings. The van der Waals surface area contributed by atoms with E-state index in [2.05, 4.69) is 22.3 Å². The number of nitrogens with zero attached hydrogens (tertiary/aromatic N) is 1. The van der Waals surface area contributed by atoms with Crippen LogP contribution in [0, 0.1) is 31.6 Å². The number of amides is 1. The van der Waals surface area contributed by atoms with Crippen molar-refractivity contribution in [3.05, 3.63) is 69.7 Å². The third kappa shape index (κ3) is 4.42. The summed E-state index contributed by atoms with van der Waals surface area (Å²) < 4.78 is 10.2. The van der Waals surface area contributed by atoms with Gasteiger partial charge >= 0.3 is 5.63 Å². The summed E-state index contributed by atoms with van der Waals surface area (Å²) in [5.74, 6) is 4.83. The first-order chi connectivity index (χ1) is 15.4. The van der Waals surface area contributed by atoms with E-state index < -0.39 is 17.1 Å². The van der Waals surface area contributed by atoms with Crippen molar-refractivity contribution in [3.63, 3.8) is 0 Å². The second-order valence-corrected chi connectivity index (χ2v) is 8.04. The lowest BCUT2D eigenvalue weighted by Gasteiger charge is -2.33. The van der Waals surface area contributed by atoms with Gasteiger partial charge in [0.05, 0.1) is 11.1 Å². The topological polar surface area (TPSA) is 102 Å². The molecule has 2 heterocycles. The monoisotopic (exact) mass is 432 g/mol. The van der Waals surface area contributed by atoms with Gasteiger partial charge in [-0.1, -0.05) is 29.1 Å². The number of carbonyl (C=O) groups is 1. The summed E-state index contributed by atoms with van der Waals surface area (Å²) in [5, 5.41) is 18.9. The number of carbonyl (C=O) groups excluding carboxylic acids is 1. The molecule has 1 aromatic heterocycles. The summed E-state index contributed by atoms with van der Waals surface area (Å²) in [7, 11) is 0. The average Bonchev–Trinajstić information content (AvgIpc) is 2.80. The lowest BCUT2D eigenvalue weighted by molar-refractivity contribution is -0.136. The summed E-state index contributed by atoms with van der Waals surface area (Å²) in [6.07, 6.45) is 1.04. The van der Waals surface area contributed by atoms with Crippen molar-refractivity contribution in [2.75, 3.05) is 18.5 Å². The molecule has 2 aromatic carbocycles. The van der Waals surface area contributed by atoms with E-state index in [1.165, 1.54) is 0 Å². The summed E-state index contributed by atoms with van der Waals surface area (Å²) in [4.78, 5) is 25.2. The Hall–Kier alpha value is -3.47. The SMILES string of the molecule is Cc1cccc(C#CC(O)(C(=O)Nc2ccc3c(=O)onc(C)c3c2)C2CCOCC2)c1. The van der Waals surface area contributed by atoms with Crippen molar-refractivity contribution < 1.29 is 19.2 Å². The van der Waals surface area contributed by atoms with Crippen LogP contribution in [-0.2, 0) is 9.53 Å². The maximum atomic E-state index is 13.3. The van der Waals surface area contributed by atoms with E-state index in [1.807, 2.05) is 31.2 Å². The van der Waals surface area contributed by atoms with E-state index in [4.69, 9.17) is 9.26 Å². The van der Waals surface area contributed by atoms with E-state index in [1.54, 1.807) is 25.1 Å². The highest BCUT2D eigenvalue weighted by Gasteiger charge is 2.43. The van der Waals surface area contributed by atoms with Crippen LogP contribution in [0.5, 0.6) is 0 Å². The van der Waals surface area contributed by atoms with Crippen molar-refractivity contribution in [2.24, 2.45) is 5.92 Å². The van der Waals surface area contributed by atoms with Crippen LogP contribution in [0.15, 0.2) is 51.8 Å². The fourth-order valence-electron chi connectivity index (χ4n) is 3.88. The molecule has 0 saturated carbocycles. The van der Waals surface area contributed by atoms with Gasteiger partial charge in [-0.25, -0.2) is 4.79 Å². The Labute approximate surface area is 185 Å². The first kappa shape index (κ1) is 21.8. The number of fused-ring (bicyclic) bond motifs is 1. The van der Waals surface area contributed by atoms with Gasteiger partial charge in [-0.05, 0) is 62.6 Å². The van der Waals surface area contributed by atoms with Gasteiger partial charge in [0.15, 0.2) is 0 Å². The van der Waals surface area contributed by atoms with Crippen LogP contribution in [0.3, 0.4) is 0 Å². The average molecular weight is 432 g/mol. The van der Waals surface area contributed by atoms with Crippen LogP contribution in [-0.4, -0.2) is 35.0 Å². The second-order valence-electron chi connectivity index (χ2n) is 8.04. The third-order valence-electron chi connectivity index (χ3n) is 5.73. The smallest absolute Gasteiger partial charge is 0.366 e. The lowest BCUT2D eigenvalue weighted by atomic mass is 9.81. The van der Waals surface area contributed by atoms with Crippen LogP contribution in [0.1, 0.15) is 29.7 Å². The molecule has 7 heteroatoms. The third-order valence-corrected chi connectivity index (χ3v) is 5.73. The quantitative estimate of drug-likeness (QED) is 0.617. The number of aryl methyl sites for hydroxylation is 2. The van der Waals surface area contributed by atoms with Crippen LogP contribution in [0.4, 0.5) is 5.69 Å². The standard InChI is InChI=1S/C25H24N2O5/c1-16-4-3-5-18(14-16)8-11-25(30,19-9-12-31-13-10-19)24(29)26-20-6-7-21-22(15-20)17(2)27-32-23(21)28/h3-7,14-15,19,30H,9-10,12-13H2,1-2H3,(H,26,29). The summed E-state index contributed by atoms with van der Waals surface area (Å²) in [6.45, 7) is 4.59. The summed E-state index contributed by atoms with van der Waals surface area (Å²) >= 11 is 0. The minimum atomic E-state index is -1.90. The van der Waals surface area contributed by atoms with E-state index in [9.17, 15) is 14.7 Å². The van der Waals surface area contributed by atoms with Gasteiger partial charge in [-0.15, -0.1) is 0 Å². The number of benzene rings is 2. The molecule has 1 atom stereocenters. The molecular formula is C25H24N2O5. The van der Waals surface area contributed by atoms with Gasteiger partial charge in [0, 0.05) is 35.8 Å². The molecule has 0 radical (unpaired) electrons. The number of ether oxygens (including phenoxy) is 1. The maximum absolute atomic E-state index is 13.3. The van der Waals surface area contributed by atoms with E-state index in [-0.39, 0.29) is 5.92 Å². The number of aromatic nitrogens is 1. The van der Waals surface area contributed by atoms with Gasteiger partial charge in [0.1, 0.15) is 0 Å². The zero-order chi connectivity index (χ0) is 22.7. The molecule has 7 nitrogen and oxygen atoms in total. The van der Waals surface area contributed by atoms with Crippen LogP contribution < -0.4 is 10.9 Å². The van der Waals surface area contributed by atoms with Crippen LogP contribution in [0.25, 0.3) is 10.8 Å². The van der Waals surface area contributed by atoms with E-state index >= 15 is 0 Å². The Bertz CT molecular complexity index is 1280. The number of hydrogen-bond acceptors (Lipinski definition) is 6. The highest BCUT2D eigenvalue weighted by Crippen LogP contribution is 2.29. The van der Waals surface area contributed by atoms with Gasteiger partial charge in [-0.2, -0.15) is 0 Å². The molecule has 4 rings (SSSR count). The fourth-order valence-corrected chi connectivity index (χ4v) is 3.88. The first-order valence-corrected chi connectivity index (χ1v) is 10.5. The molecule has 0 aliphatic carbocycles. The normalized spacial score (nSPS) is 16.1. The predicted molar refractivity (Wildman–Crippen MR) is 120 cm³/mol. The number of hydrogen-bond donors (Lipinski definition) is 2. The van der Waals surface area contributed by atoms with E-state index in [0.717, 1.165) is 11.1 Å². The molecule has 1 aliphatic heterocycles. The molecule has 1 fully saturated rings. The van der Waals surface area contributed by atoms with Crippen molar-refractivity contribution in [1.29, 1.82) is 0 Å². The van der Waals surface area contributed by atoms with Gasteiger partial charge in [-0.3, -0.25) is 4.79 Å². The number of rotatable bonds is 3. The van der Waals surface area contributed by atoms with Crippen LogP contribution >= 0.6 is 0 Å². The fraction of sp³-hybridized carbons (Fsp3) is 0.320. The molecule has 1 saturated heterocycles. The summed E-state index contributed by atoms with van der Waals surface area (Å²) in [6, 6.07) is 12.4. The van der Waals surface area contributed by atoms with Gasteiger partial charge in [0.25, 0.3) is 5.91 Å². The molecular weight excluding hydrogens is 408 g/mol. The van der Waals surface area contributed by atoms with E-state index in [0.29, 0.717) is 48.2 Å². The highest BCUT2D eigenvalue weighted by atomic mass is 16.5. The molecule has 164 valence electrons. The second kappa shape index (κ2) is 8.95. The molecule has 32 heavy (non-hydrogen) atoms. The minimum Gasteiger partial charge on any atom is -0.381 e. The number of nitrogens with one attached hydrogen (secondary N) is 1. The first-order valence-electron chi connectivity index (χ1n) is 10.5. The van der Waals surface area contributed by atoms with Gasteiger partial charge in [0.2, 0.25) is 5.60 Å². The molecule has 1 aliphatic rings. The molecule has 1 amide bonds. The van der Waals surface area contributed by atoms with Crippen molar-refractivity contribution >= 4 is 22.4 Å². The predicted octanol–water partition coefficient (Wildman–Crippen LogP) is 2.95. The Morgan fingerprint density at radius 1 is 1.16 bits per heavy atom. The number of anilines is 1. The van der Waals surface area contributed by atoms with Crippen LogP contribution in [0.2, 0.25) is 0 Å².